The number of benzene rings is 2. The third kappa shape index (κ3) is 4.92. The Morgan fingerprint density at radius 3 is 2.34 bits per heavy atom. The van der Waals surface area contributed by atoms with Gasteiger partial charge in [-0.15, -0.1) is 0 Å². The molecule has 0 radical (unpaired) electrons. The Bertz CT molecular complexity index is 1220. The van der Waals surface area contributed by atoms with Crippen LogP contribution in [-0.2, 0) is 0 Å². The molecule has 11 heteroatoms. The van der Waals surface area contributed by atoms with E-state index in [1.807, 2.05) is 18.2 Å². The molecule has 35 heavy (non-hydrogen) atoms. The van der Waals surface area contributed by atoms with Gasteiger partial charge in [0.2, 0.25) is 0 Å². The van der Waals surface area contributed by atoms with Crippen LogP contribution in [0.5, 0.6) is 0 Å². The fourth-order valence-electron chi connectivity index (χ4n) is 4.59. The van der Waals surface area contributed by atoms with Crippen molar-refractivity contribution >= 4 is 40.6 Å². The van der Waals surface area contributed by atoms with Gasteiger partial charge in [-0.05, 0) is 35.9 Å². The predicted octanol–water partition coefficient (Wildman–Crippen LogP) is 5.81. The van der Waals surface area contributed by atoms with Gasteiger partial charge in [0.15, 0.2) is 11.7 Å². The highest BCUT2D eigenvalue weighted by atomic mass is 35.5. The van der Waals surface area contributed by atoms with Gasteiger partial charge in [-0.1, -0.05) is 41.4 Å². The molecule has 0 saturated carbocycles. The van der Waals surface area contributed by atoms with Crippen molar-refractivity contribution in [2.24, 2.45) is 0 Å². The first-order chi connectivity index (χ1) is 16.7. The van der Waals surface area contributed by atoms with Crippen LogP contribution in [0.3, 0.4) is 0 Å². The van der Waals surface area contributed by atoms with E-state index in [0.29, 0.717) is 41.8 Å². The second-order valence-electron chi connectivity index (χ2n) is 8.66. The van der Waals surface area contributed by atoms with E-state index in [9.17, 15) is 18.0 Å². The van der Waals surface area contributed by atoms with Gasteiger partial charge in [0.05, 0.1) is 6.04 Å². The van der Waals surface area contributed by atoms with Crippen molar-refractivity contribution in [2.45, 2.75) is 24.7 Å². The number of carbonyl (C=O) groups is 1. The van der Waals surface area contributed by atoms with E-state index in [1.54, 1.807) is 35.2 Å². The third-order valence-electron chi connectivity index (χ3n) is 6.42. The predicted molar refractivity (Wildman–Crippen MR) is 129 cm³/mol. The Kier molecular flexibility index (Phi) is 6.31. The summed E-state index contributed by atoms with van der Waals surface area (Å²) in [5.74, 6) is -0.220. The van der Waals surface area contributed by atoms with Crippen molar-refractivity contribution in [3.8, 4) is 0 Å². The molecule has 2 aliphatic heterocycles. The van der Waals surface area contributed by atoms with Crippen LogP contribution in [0, 0.1) is 0 Å². The minimum Gasteiger partial charge on any atom is -0.368 e. The summed E-state index contributed by atoms with van der Waals surface area (Å²) in [6, 6.07) is 13.1. The SMILES string of the molecule is O=C(c1cc2n(n1)C(C(F)(F)F)CC(c1ccc(Cl)cc1)N2)N1CCN(c2cccc(Cl)c2)CC1. The Morgan fingerprint density at radius 1 is 0.971 bits per heavy atom. The first-order valence-corrected chi connectivity index (χ1v) is 11.9. The number of piperazine rings is 1. The Labute approximate surface area is 210 Å². The van der Waals surface area contributed by atoms with Crippen LogP contribution in [-0.4, -0.2) is 52.9 Å². The third-order valence-corrected chi connectivity index (χ3v) is 6.91. The molecule has 6 nitrogen and oxygen atoms in total. The van der Waals surface area contributed by atoms with Crippen molar-refractivity contribution < 1.29 is 18.0 Å². The van der Waals surface area contributed by atoms with Gasteiger partial charge < -0.3 is 15.1 Å². The van der Waals surface area contributed by atoms with Gasteiger partial charge in [-0.25, -0.2) is 4.68 Å². The quantitative estimate of drug-likeness (QED) is 0.470. The lowest BCUT2D eigenvalue weighted by Crippen LogP contribution is -2.49. The molecule has 0 aliphatic carbocycles. The summed E-state index contributed by atoms with van der Waals surface area (Å²) in [5.41, 5.74) is 1.64. The minimum atomic E-state index is -4.52. The van der Waals surface area contributed by atoms with Gasteiger partial charge in [0, 0.05) is 54.4 Å². The lowest BCUT2D eigenvalue weighted by molar-refractivity contribution is -0.173. The molecule has 1 aromatic heterocycles. The van der Waals surface area contributed by atoms with E-state index in [2.05, 4.69) is 15.3 Å². The molecule has 2 unspecified atom stereocenters. The number of anilines is 2. The standard InChI is InChI=1S/C24H22Cl2F3N5O/c25-16-6-4-15(5-7-16)19-13-21(24(27,28)29)34-22(30-19)14-20(31-34)23(35)33-10-8-32(9-11-33)18-3-1-2-17(26)12-18/h1-7,12,14,19,21,30H,8-11,13H2. The number of hydrogen-bond donors (Lipinski definition) is 1. The minimum absolute atomic E-state index is 0.00490. The van der Waals surface area contributed by atoms with Gasteiger partial charge in [0.25, 0.3) is 5.91 Å². The number of nitrogens with zero attached hydrogens (tertiary/aromatic N) is 4. The average Bonchev–Trinajstić information content (AvgIpc) is 3.27. The molecule has 1 saturated heterocycles. The maximum Gasteiger partial charge on any atom is 0.410 e. The van der Waals surface area contributed by atoms with Gasteiger partial charge >= 0.3 is 6.18 Å². The molecular formula is C24H22Cl2F3N5O. The van der Waals surface area contributed by atoms with Crippen molar-refractivity contribution in [3.63, 3.8) is 0 Å². The van der Waals surface area contributed by atoms with Crippen LogP contribution in [0.4, 0.5) is 24.7 Å². The number of hydrogen-bond acceptors (Lipinski definition) is 4. The molecule has 3 heterocycles. The molecule has 2 atom stereocenters. The number of halogens is 5. The summed E-state index contributed by atoms with van der Waals surface area (Å²) in [6.07, 6.45) is -4.76. The molecule has 2 aliphatic rings. The summed E-state index contributed by atoms with van der Waals surface area (Å²) in [7, 11) is 0. The highest BCUT2D eigenvalue weighted by Crippen LogP contribution is 2.43. The van der Waals surface area contributed by atoms with Crippen molar-refractivity contribution in [3.05, 3.63) is 75.9 Å². The van der Waals surface area contributed by atoms with E-state index in [-0.39, 0.29) is 23.8 Å². The number of carbonyl (C=O) groups excluding carboxylic acids is 1. The summed E-state index contributed by atoms with van der Waals surface area (Å²) >= 11 is 12.0. The van der Waals surface area contributed by atoms with Crippen molar-refractivity contribution in [1.82, 2.24) is 14.7 Å². The molecule has 2 aromatic carbocycles. The van der Waals surface area contributed by atoms with Crippen LogP contribution < -0.4 is 10.2 Å². The van der Waals surface area contributed by atoms with Crippen LogP contribution in [0.2, 0.25) is 10.0 Å². The number of alkyl halides is 3. The Morgan fingerprint density at radius 2 is 1.69 bits per heavy atom. The van der Waals surface area contributed by atoms with Crippen LogP contribution >= 0.6 is 23.2 Å². The molecule has 5 rings (SSSR count). The number of aromatic nitrogens is 2. The molecule has 1 amide bonds. The first kappa shape index (κ1) is 23.8. The molecule has 0 bridgehead atoms. The van der Waals surface area contributed by atoms with Crippen LogP contribution in [0.25, 0.3) is 0 Å². The number of fused-ring (bicyclic) bond motifs is 1. The lowest BCUT2D eigenvalue weighted by atomic mass is 9.97. The highest BCUT2D eigenvalue weighted by Gasteiger charge is 2.47. The van der Waals surface area contributed by atoms with Gasteiger partial charge in [0.1, 0.15) is 5.82 Å². The molecule has 184 valence electrons. The monoisotopic (exact) mass is 523 g/mol. The topological polar surface area (TPSA) is 53.4 Å². The largest absolute Gasteiger partial charge is 0.410 e. The van der Waals surface area contributed by atoms with E-state index in [4.69, 9.17) is 23.2 Å². The average molecular weight is 524 g/mol. The summed E-state index contributed by atoms with van der Waals surface area (Å²) in [6.45, 7) is 2.03. The van der Waals surface area contributed by atoms with Crippen molar-refractivity contribution in [2.75, 3.05) is 36.4 Å². The molecule has 1 N–H and O–H groups in total. The fourth-order valence-corrected chi connectivity index (χ4v) is 4.90. The van der Waals surface area contributed by atoms with E-state index < -0.39 is 18.3 Å². The normalized spacial score (nSPS) is 20.4. The first-order valence-electron chi connectivity index (χ1n) is 11.2. The summed E-state index contributed by atoms with van der Waals surface area (Å²) < 4.78 is 42.7. The number of nitrogens with one attached hydrogen (secondary N) is 1. The van der Waals surface area contributed by atoms with E-state index in [0.717, 1.165) is 10.4 Å². The Hall–Kier alpha value is -2.91. The molecule has 0 spiro atoms. The highest BCUT2D eigenvalue weighted by molar-refractivity contribution is 6.31. The zero-order valence-electron chi connectivity index (χ0n) is 18.5. The maximum atomic E-state index is 14.0. The van der Waals surface area contributed by atoms with Crippen LogP contribution in [0.15, 0.2) is 54.6 Å². The zero-order chi connectivity index (χ0) is 24.7. The number of amides is 1. The second-order valence-corrected chi connectivity index (χ2v) is 9.53. The molecular weight excluding hydrogens is 502 g/mol. The zero-order valence-corrected chi connectivity index (χ0v) is 20.0. The number of rotatable bonds is 3. The van der Waals surface area contributed by atoms with Crippen molar-refractivity contribution in [1.29, 1.82) is 0 Å². The molecule has 3 aromatic rings. The van der Waals surface area contributed by atoms with E-state index in [1.165, 1.54) is 6.07 Å². The Balaban J connectivity index is 1.34. The fraction of sp³-hybridized carbons (Fsp3) is 0.333. The smallest absolute Gasteiger partial charge is 0.368 e. The summed E-state index contributed by atoms with van der Waals surface area (Å²) in [5, 5.41) is 8.35. The lowest BCUT2D eigenvalue weighted by Gasteiger charge is -2.35. The summed E-state index contributed by atoms with van der Waals surface area (Å²) in [4.78, 5) is 16.9. The maximum absolute atomic E-state index is 14.0. The van der Waals surface area contributed by atoms with Crippen LogP contribution in [0.1, 0.15) is 34.6 Å². The molecule has 1 fully saturated rings. The van der Waals surface area contributed by atoms with Gasteiger partial charge in [-0.3, -0.25) is 4.79 Å². The van der Waals surface area contributed by atoms with Gasteiger partial charge in [-0.2, -0.15) is 18.3 Å². The second kappa shape index (κ2) is 9.28. The van der Waals surface area contributed by atoms with E-state index >= 15 is 0 Å².